The summed E-state index contributed by atoms with van der Waals surface area (Å²) in [4.78, 5) is 19.3. The maximum Gasteiger partial charge on any atom is 0.257 e. The number of benzene rings is 1. The number of halogens is 2. The average Bonchev–Trinajstić information content (AvgIpc) is 3.49. The van der Waals surface area contributed by atoms with E-state index in [0.29, 0.717) is 54.2 Å². The molecule has 0 atom stereocenters. The summed E-state index contributed by atoms with van der Waals surface area (Å²) in [6.07, 6.45) is 6.41. The van der Waals surface area contributed by atoms with Gasteiger partial charge < -0.3 is 19.5 Å². The van der Waals surface area contributed by atoms with E-state index < -0.39 is 17.7 Å². The smallest absolute Gasteiger partial charge is 0.257 e. The molecule has 1 fully saturated rings. The van der Waals surface area contributed by atoms with Crippen LogP contribution in [0.5, 0.6) is 0 Å². The summed E-state index contributed by atoms with van der Waals surface area (Å²) in [6.45, 7) is 10.3. The van der Waals surface area contributed by atoms with Crippen molar-refractivity contribution in [2.45, 2.75) is 33.2 Å². The third kappa shape index (κ3) is 4.46. The zero-order valence-corrected chi connectivity index (χ0v) is 20.8. The fourth-order valence-corrected chi connectivity index (χ4v) is 4.45. The van der Waals surface area contributed by atoms with E-state index in [0.717, 1.165) is 5.69 Å². The molecule has 36 heavy (non-hydrogen) atoms. The molecule has 1 aliphatic rings. The van der Waals surface area contributed by atoms with Crippen LogP contribution < -0.4 is 10.2 Å². The molecule has 1 saturated heterocycles. The van der Waals surface area contributed by atoms with Crippen LogP contribution in [-0.4, -0.2) is 46.2 Å². The van der Waals surface area contributed by atoms with Crippen LogP contribution in [0.15, 0.2) is 49.1 Å². The Morgan fingerprint density at radius 3 is 2.56 bits per heavy atom. The number of aromatic nitrogens is 3. The van der Waals surface area contributed by atoms with Gasteiger partial charge >= 0.3 is 0 Å². The minimum Gasteiger partial charge on any atom is -0.378 e. The number of nitrogens with zero attached hydrogens (tertiary/aromatic N) is 4. The van der Waals surface area contributed by atoms with Crippen LogP contribution in [0.25, 0.3) is 16.8 Å². The highest BCUT2D eigenvalue weighted by atomic mass is 19.1. The molecule has 5 rings (SSSR count). The highest BCUT2D eigenvalue weighted by Crippen LogP contribution is 2.34. The van der Waals surface area contributed by atoms with Crippen LogP contribution in [0.2, 0.25) is 0 Å². The van der Waals surface area contributed by atoms with Gasteiger partial charge in [0.15, 0.2) is 5.65 Å². The summed E-state index contributed by atoms with van der Waals surface area (Å²) in [5, 5.41) is 2.70. The van der Waals surface area contributed by atoms with Gasteiger partial charge in [-0.25, -0.2) is 9.37 Å². The molecule has 7 nitrogen and oxygen atoms in total. The summed E-state index contributed by atoms with van der Waals surface area (Å²) in [5.74, 6) is -1.43. The molecule has 3 aromatic heterocycles. The lowest BCUT2D eigenvalue weighted by molar-refractivity contribution is 0.102. The summed E-state index contributed by atoms with van der Waals surface area (Å²) >= 11 is 0. The summed E-state index contributed by atoms with van der Waals surface area (Å²) in [7, 11) is 0. The predicted octanol–water partition coefficient (Wildman–Crippen LogP) is 5.23. The molecule has 0 spiro atoms. The molecule has 1 aliphatic heterocycles. The molecule has 4 heterocycles. The maximum absolute atomic E-state index is 14.9. The third-order valence-corrected chi connectivity index (χ3v) is 6.50. The molecule has 0 bridgehead atoms. The first-order valence-electron chi connectivity index (χ1n) is 11.9. The van der Waals surface area contributed by atoms with E-state index in [1.54, 1.807) is 31.5 Å². The number of aryl methyl sites for hydroxylation is 1. The van der Waals surface area contributed by atoms with Crippen molar-refractivity contribution in [1.29, 1.82) is 0 Å². The zero-order chi connectivity index (χ0) is 25.6. The van der Waals surface area contributed by atoms with Crippen molar-refractivity contribution < 1.29 is 18.3 Å². The molecule has 0 radical (unpaired) electrons. The Balaban J connectivity index is 1.53. The van der Waals surface area contributed by atoms with Crippen molar-refractivity contribution in [1.82, 2.24) is 14.0 Å². The predicted molar refractivity (Wildman–Crippen MR) is 136 cm³/mol. The number of amides is 1. The number of carbonyl (C=O) groups is 1. The Kier molecular flexibility index (Phi) is 6.04. The number of hydrogen-bond acceptors (Lipinski definition) is 4. The molecular formula is C27H29F2N5O2. The number of morpholine rings is 1. The minimum absolute atomic E-state index is 0.0585. The van der Waals surface area contributed by atoms with Crippen LogP contribution in [0.3, 0.4) is 0 Å². The largest absolute Gasteiger partial charge is 0.378 e. The monoisotopic (exact) mass is 493 g/mol. The summed E-state index contributed by atoms with van der Waals surface area (Å²) < 4.78 is 38.4. The van der Waals surface area contributed by atoms with Gasteiger partial charge in [-0.05, 0) is 63.1 Å². The molecule has 0 saturated carbocycles. The van der Waals surface area contributed by atoms with Crippen molar-refractivity contribution in [3.63, 3.8) is 0 Å². The second kappa shape index (κ2) is 9.05. The Bertz CT molecular complexity index is 1440. The fraction of sp³-hybridized carbons (Fsp3) is 0.333. The number of anilines is 2. The van der Waals surface area contributed by atoms with Crippen molar-refractivity contribution in [3.8, 4) is 11.1 Å². The highest BCUT2D eigenvalue weighted by molar-refractivity contribution is 6.04. The minimum atomic E-state index is -0.539. The number of rotatable bonds is 4. The lowest BCUT2D eigenvalue weighted by Crippen LogP contribution is -2.36. The average molecular weight is 494 g/mol. The van der Waals surface area contributed by atoms with Gasteiger partial charge in [0.2, 0.25) is 5.95 Å². The van der Waals surface area contributed by atoms with E-state index >= 15 is 0 Å². The first kappa shape index (κ1) is 24.0. The number of ether oxygens (including phenoxy) is 1. The summed E-state index contributed by atoms with van der Waals surface area (Å²) in [5.41, 5.74) is 3.63. The van der Waals surface area contributed by atoms with Crippen molar-refractivity contribution in [3.05, 3.63) is 71.9 Å². The van der Waals surface area contributed by atoms with E-state index in [-0.39, 0.29) is 11.2 Å². The van der Waals surface area contributed by atoms with Gasteiger partial charge in [-0.1, -0.05) is 0 Å². The lowest BCUT2D eigenvalue weighted by Gasteiger charge is -2.29. The van der Waals surface area contributed by atoms with E-state index in [1.807, 2.05) is 37.6 Å². The molecule has 9 heteroatoms. The molecule has 0 unspecified atom stereocenters. The number of carbonyl (C=O) groups excluding carboxylic acids is 1. The lowest BCUT2D eigenvalue weighted by atomic mass is 10.00. The van der Waals surface area contributed by atoms with Gasteiger partial charge in [0.05, 0.1) is 36.3 Å². The van der Waals surface area contributed by atoms with E-state index in [9.17, 15) is 13.6 Å². The Labute approximate surface area is 208 Å². The normalized spacial score (nSPS) is 14.4. The molecular weight excluding hydrogens is 464 g/mol. The van der Waals surface area contributed by atoms with E-state index in [1.165, 1.54) is 16.7 Å². The van der Waals surface area contributed by atoms with Gasteiger partial charge in [-0.2, -0.15) is 4.39 Å². The molecule has 1 N–H and O–H groups in total. The first-order chi connectivity index (χ1) is 17.1. The second-order valence-corrected chi connectivity index (χ2v) is 10.1. The first-order valence-corrected chi connectivity index (χ1v) is 11.9. The summed E-state index contributed by atoms with van der Waals surface area (Å²) in [6, 6.07) is 6.62. The molecule has 0 aliphatic carbocycles. The van der Waals surface area contributed by atoms with E-state index in [2.05, 4.69) is 15.2 Å². The van der Waals surface area contributed by atoms with E-state index in [4.69, 9.17) is 4.74 Å². The van der Waals surface area contributed by atoms with Crippen LogP contribution >= 0.6 is 0 Å². The molecule has 1 amide bonds. The fourth-order valence-electron chi connectivity index (χ4n) is 4.45. The Hall–Kier alpha value is -3.72. The number of imidazole rings is 1. The van der Waals surface area contributed by atoms with Crippen molar-refractivity contribution >= 4 is 22.9 Å². The molecule has 4 aromatic rings. The van der Waals surface area contributed by atoms with Crippen molar-refractivity contribution in [2.75, 3.05) is 36.5 Å². The van der Waals surface area contributed by atoms with Crippen LogP contribution in [0.1, 0.15) is 36.7 Å². The van der Waals surface area contributed by atoms with Crippen LogP contribution in [-0.2, 0) is 10.3 Å². The Morgan fingerprint density at radius 1 is 1.11 bits per heavy atom. The highest BCUT2D eigenvalue weighted by Gasteiger charge is 2.21. The van der Waals surface area contributed by atoms with Gasteiger partial charge in [-0.3, -0.25) is 9.20 Å². The Morgan fingerprint density at radius 2 is 1.86 bits per heavy atom. The topological polar surface area (TPSA) is 63.8 Å². The van der Waals surface area contributed by atoms with Gasteiger partial charge in [-0.15, -0.1) is 0 Å². The number of pyridine rings is 1. The van der Waals surface area contributed by atoms with Gasteiger partial charge in [0.25, 0.3) is 5.91 Å². The van der Waals surface area contributed by atoms with Gasteiger partial charge in [0.1, 0.15) is 5.82 Å². The van der Waals surface area contributed by atoms with Crippen molar-refractivity contribution in [2.24, 2.45) is 0 Å². The number of hydrogen-bond donors (Lipinski definition) is 1. The second-order valence-electron chi connectivity index (χ2n) is 10.1. The zero-order valence-electron chi connectivity index (χ0n) is 20.8. The SMILES string of the molecule is Cc1cc(F)c(NC(=O)c2ccn(C(C)(C)C)c2)cc1-c1cc(N2CCOCC2)c2ncc(F)n2c1. The standard InChI is InChI=1S/C27H29F2N5O2/c1-17-11-21(28)22(31-26(35)18-5-6-33(15-18)27(2,3)4)13-20(17)19-12-23(32-7-9-36-10-8-32)25-30-14-24(29)34(25)16-19/h5-6,11-16H,7-10H2,1-4H3,(H,31,35). The van der Waals surface area contributed by atoms with Crippen LogP contribution in [0, 0.1) is 18.7 Å². The number of fused-ring (bicyclic) bond motifs is 1. The quantitative estimate of drug-likeness (QED) is 0.423. The van der Waals surface area contributed by atoms with Crippen LogP contribution in [0.4, 0.5) is 20.2 Å². The maximum atomic E-state index is 14.9. The molecule has 1 aromatic carbocycles. The van der Waals surface area contributed by atoms with Gasteiger partial charge in [0, 0.05) is 42.8 Å². The third-order valence-electron chi connectivity index (χ3n) is 6.50. The molecule has 188 valence electrons. The number of nitrogens with one attached hydrogen (secondary N) is 1.